The van der Waals surface area contributed by atoms with Gasteiger partial charge in [0.15, 0.2) is 0 Å². The Morgan fingerprint density at radius 1 is 1.64 bits per heavy atom. The molecule has 0 saturated carbocycles. The summed E-state index contributed by atoms with van der Waals surface area (Å²) in [5, 5.41) is 26.3. The Morgan fingerprint density at radius 2 is 2.27 bits per heavy atom. The molecule has 64 valence electrons. The van der Waals surface area contributed by atoms with E-state index in [1.807, 2.05) is 0 Å². The molecule has 1 aliphatic heterocycles. The number of carboxylic acid groups (broad SMARTS) is 1. The van der Waals surface area contributed by atoms with Crippen LogP contribution in [0.5, 0.6) is 0 Å². The second kappa shape index (κ2) is 3.06. The average molecular weight is 161 g/mol. The number of likely N-dealkylation sites (tertiary alicyclic amines) is 1. The topological polar surface area (TPSA) is 81.0 Å². The van der Waals surface area contributed by atoms with Gasteiger partial charge in [0.1, 0.15) is 0 Å². The third-order valence-electron chi connectivity index (χ3n) is 1.85. The summed E-state index contributed by atoms with van der Waals surface area (Å²) >= 11 is 0. The molecule has 5 heteroatoms. The van der Waals surface area contributed by atoms with Gasteiger partial charge in [-0.05, 0) is 6.42 Å². The van der Waals surface area contributed by atoms with Gasteiger partial charge in [0.2, 0.25) is 0 Å². The van der Waals surface area contributed by atoms with E-state index >= 15 is 0 Å². The number of aliphatic hydroxyl groups excluding tert-OH is 2. The van der Waals surface area contributed by atoms with Gasteiger partial charge in [0.25, 0.3) is 0 Å². The van der Waals surface area contributed by atoms with Gasteiger partial charge >= 0.3 is 6.09 Å². The third-order valence-corrected chi connectivity index (χ3v) is 1.85. The third kappa shape index (κ3) is 1.61. The first kappa shape index (κ1) is 8.29. The first-order chi connectivity index (χ1) is 5.15. The minimum atomic E-state index is -1.08. The van der Waals surface area contributed by atoms with E-state index < -0.39 is 18.2 Å². The van der Waals surface area contributed by atoms with Crippen LogP contribution >= 0.6 is 0 Å². The Balaban J connectivity index is 2.57. The van der Waals surface area contributed by atoms with Crippen molar-refractivity contribution in [3.05, 3.63) is 0 Å². The molecule has 0 spiro atoms. The molecule has 1 rings (SSSR count). The molecular formula is C6H11NO4. The maximum Gasteiger partial charge on any atom is 0.407 e. The molecule has 1 saturated heterocycles. The predicted molar refractivity (Wildman–Crippen MR) is 36.2 cm³/mol. The van der Waals surface area contributed by atoms with E-state index in [1.165, 1.54) is 0 Å². The van der Waals surface area contributed by atoms with Crippen LogP contribution in [0.15, 0.2) is 0 Å². The highest BCUT2D eigenvalue weighted by Crippen LogP contribution is 2.16. The number of hydrogen-bond donors (Lipinski definition) is 3. The summed E-state index contributed by atoms with van der Waals surface area (Å²) in [5.41, 5.74) is 0. The van der Waals surface area contributed by atoms with Gasteiger partial charge in [-0.1, -0.05) is 0 Å². The number of hydrogen-bond acceptors (Lipinski definition) is 3. The monoisotopic (exact) mass is 161 g/mol. The lowest BCUT2D eigenvalue weighted by Gasteiger charge is -2.17. The van der Waals surface area contributed by atoms with Gasteiger partial charge in [-0.15, -0.1) is 0 Å². The summed E-state index contributed by atoms with van der Waals surface area (Å²) in [6.07, 6.45) is -1.37. The molecule has 0 aliphatic carbocycles. The first-order valence-corrected chi connectivity index (χ1v) is 3.43. The zero-order valence-corrected chi connectivity index (χ0v) is 5.97. The fourth-order valence-electron chi connectivity index (χ4n) is 1.30. The molecule has 1 fully saturated rings. The molecule has 0 radical (unpaired) electrons. The molecule has 0 aromatic carbocycles. The van der Waals surface area contributed by atoms with Crippen LogP contribution in [0.3, 0.4) is 0 Å². The smallest absolute Gasteiger partial charge is 0.407 e. The highest BCUT2D eigenvalue weighted by atomic mass is 16.4. The average Bonchev–Trinajstić information content (AvgIpc) is 2.30. The Labute approximate surface area is 63.9 Å². The van der Waals surface area contributed by atoms with Crippen LogP contribution in [0.1, 0.15) is 6.42 Å². The summed E-state index contributed by atoms with van der Waals surface area (Å²) in [5.74, 6) is 0. The van der Waals surface area contributed by atoms with Gasteiger partial charge in [-0.25, -0.2) is 4.79 Å². The molecule has 0 unspecified atom stereocenters. The lowest BCUT2D eigenvalue weighted by atomic mass is 10.2. The van der Waals surface area contributed by atoms with Crippen LogP contribution in [-0.2, 0) is 0 Å². The fraction of sp³-hybridized carbons (Fsp3) is 0.833. The fourth-order valence-corrected chi connectivity index (χ4v) is 1.30. The van der Waals surface area contributed by atoms with Gasteiger partial charge < -0.3 is 20.2 Å². The van der Waals surface area contributed by atoms with Gasteiger partial charge in [0.05, 0.1) is 25.3 Å². The standard InChI is InChI=1S/C6H11NO4/c8-3-4-1-5(9)2-7(4)6(10)11/h4-5,8-9H,1-3H2,(H,10,11)/t4-,5+/m0/s1. The Hall–Kier alpha value is -0.810. The zero-order valence-electron chi connectivity index (χ0n) is 5.97. The minimum absolute atomic E-state index is 0.112. The van der Waals surface area contributed by atoms with E-state index in [2.05, 4.69) is 0 Å². The largest absolute Gasteiger partial charge is 0.465 e. The summed E-state index contributed by atoms with van der Waals surface area (Å²) in [6, 6.07) is -0.428. The van der Waals surface area contributed by atoms with E-state index in [9.17, 15) is 4.79 Å². The minimum Gasteiger partial charge on any atom is -0.465 e. The molecule has 1 heterocycles. The van der Waals surface area contributed by atoms with Crippen molar-refractivity contribution >= 4 is 6.09 Å². The first-order valence-electron chi connectivity index (χ1n) is 3.43. The maximum atomic E-state index is 10.4. The van der Waals surface area contributed by atoms with Crippen LogP contribution in [0, 0.1) is 0 Å². The second-order valence-electron chi connectivity index (χ2n) is 2.66. The molecule has 5 nitrogen and oxygen atoms in total. The summed E-state index contributed by atoms with van der Waals surface area (Å²) < 4.78 is 0. The molecule has 0 aromatic rings. The second-order valence-corrected chi connectivity index (χ2v) is 2.66. The van der Waals surface area contributed by atoms with E-state index in [0.29, 0.717) is 6.42 Å². The van der Waals surface area contributed by atoms with Crippen LogP contribution in [0.4, 0.5) is 4.79 Å². The molecule has 11 heavy (non-hydrogen) atoms. The van der Waals surface area contributed by atoms with Crippen molar-refractivity contribution in [2.75, 3.05) is 13.2 Å². The number of aliphatic hydroxyl groups is 2. The lowest BCUT2D eigenvalue weighted by molar-refractivity contribution is 0.115. The predicted octanol–water partition coefficient (Wildman–Crippen LogP) is -0.908. The van der Waals surface area contributed by atoms with Crippen molar-refractivity contribution in [1.82, 2.24) is 4.90 Å². The SMILES string of the molecule is O=C(O)N1C[C@H](O)C[C@H]1CO. The van der Waals surface area contributed by atoms with E-state index in [0.717, 1.165) is 4.90 Å². The zero-order chi connectivity index (χ0) is 8.43. The number of amides is 1. The Morgan fingerprint density at radius 3 is 2.64 bits per heavy atom. The number of β-amino-alcohol motifs (C(OH)–C–C–N with tert-alkyl or cyclic N) is 1. The molecule has 3 N–H and O–H groups in total. The van der Waals surface area contributed by atoms with Crippen molar-refractivity contribution in [1.29, 1.82) is 0 Å². The molecule has 2 atom stereocenters. The van der Waals surface area contributed by atoms with Crippen molar-refractivity contribution in [2.24, 2.45) is 0 Å². The molecular weight excluding hydrogens is 150 g/mol. The van der Waals surface area contributed by atoms with Crippen LogP contribution < -0.4 is 0 Å². The van der Waals surface area contributed by atoms with Crippen LogP contribution in [-0.4, -0.2) is 51.6 Å². The van der Waals surface area contributed by atoms with E-state index in [-0.39, 0.29) is 13.2 Å². The normalized spacial score (nSPS) is 30.9. The van der Waals surface area contributed by atoms with Crippen molar-refractivity contribution in [2.45, 2.75) is 18.6 Å². The van der Waals surface area contributed by atoms with Gasteiger partial charge in [0, 0.05) is 0 Å². The van der Waals surface area contributed by atoms with Gasteiger partial charge in [-0.2, -0.15) is 0 Å². The van der Waals surface area contributed by atoms with Crippen molar-refractivity contribution in [3.8, 4) is 0 Å². The quantitative estimate of drug-likeness (QED) is 0.465. The maximum absolute atomic E-state index is 10.4. The summed E-state index contributed by atoms with van der Waals surface area (Å²) in [4.78, 5) is 11.5. The van der Waals surface area contributed by atoms with Gasteiger partial charge in [-0.3, -0.25) is 0 Å². The number of nitrogens with zero attached hydrogens (tertiary/aromatic N) is 1. The van der Waals surface area contributed by atoms with E-state index in [1.54, 1.807) is 0 Å². The van der Waals surface area contributed by atoms with E-state index in [4.69, 9.17) is 15.3 Å². The van der Waals surface area contributed by atoms with Crippen LogP contribution in [0.2, 0.25) is 0 Å². The van der Waals surface area contributed by atoms with Crippen molar-refractivity contribution < 1.29 is 20.1 Å². The molecule has 0 aromatic heterocycles. The summed E-state index contributed by atoms with van der Waals surface area (Å²) in [7, 11) is 0. The van der Waals surface area contributed by atoms with Crippen molar-refractivity contribution in [3.63, 3.8) is 0 Å². The summed E-state index contributed by atoms with van der Waals surface area (Å²) in [6.45, 7) is -0.107. The molecule has 1 amide bonds. The Kier molecular flexibility index (Phi) is 2.31. The molecule has 0 bridgehead atoms. The highest BCUT2D eigenvalue weighted by molar-refractivity contribution is 5.66. The molecule has 1 aliphatic rings. The van der Waals surface area contributed by atoms with Crippen LogP contribution in [0.25, 0.3) is 0 Å². The lowest BCUT2D eigenvalue weighted by Crippen LogP contribution is -2.36. The highest BCUT2D eigenvalue weighted by Gasteiger charge is 2.33. The number of carbonyl (C=O) groups is 1. The Bertz CT molecular complexity index is 161. The number of rotatable bonds is 1.